The van der Waals surface area contributed by atoms with E-state index in [9.17, 15) is 0 Å². The van der Waals surface area contributed by atoms with E-state index in [2.05, 4.69) is 23.4 Å². The first kappa shape index (κ1) is 7.04. The van der Waals surface area contributed by atoms with Gasteiger partial charge in [0.25, 0.3) is 0 Å². The highest BCUT2D eigenvalue weighted by atomic mass is 14.8. The third-order valence-electron chi connectivity index (χ3n) is 0.653. The minimum absolute atomic E-state index is 0.364. The lowest BCUT2D eigenvalue weighted by Gasteiger charge is -1.88. The van der Waals surface area contributed by atoms with Gasteiger partial charge in [0.05, 0.1) is 5.70 Å². The molecule has 0 saturated carbocycles. The van der Waals surface area contributed by atoms with Crippen molar-refractivity contribution in [2.45, 2.75) is 0 Å². The molecule has 0 aromatic carbocycles. The fraction of sp³-hybridized carbons (Fsp3) is 0.200. The molecule has 0 heterocycles. The van der Waals surface area contributed by atoms with E-state index in [1.807, 2.05) is 0 Å². The summed E-state index contributed by atoms with van der Waals surface area (Å²) in [5.74, 6) is 0. The molecular weight excluding hydrogens is 102 g/mol. The Morgan fingerprint density at radius 3 is 2.38 bits per heavy atom. The summed E-state index contributed by atoms with van der Waals surface area (Å²) in [5, 5.41) is 0. The summed E-state index contributed by atoms with van der Waals surface area (Å²) in [4.78, 5) is 7.00. The van der Waals surface area contributed by atoms with Crippen LogP contribution in [0.1, 0.15) is 0 Å². The number of nitrogens with zero attached hydrogens (tertiary/aromatic N) is 2. The lowest BCUT2D eigenvalue weighted by atomic mass is 10.5. The second-order valence-corrected chi connectivity index (χ2v) is 1.17. The molecule has 0 aromatic heterocycles. The van der Waals surface area contributed by atoms with E-state index in [0.717, 1.165) is 0 Å². The van der Waals surface area contributed by atoms with Crippen molar-refractivity contribution in [3.05, 3.63) is 11.9 Å². The molecule has 44 valence electrons. The Morgan fingerprint density at radius 2 is 2.25 bits per heavy atom. The van der Waals surface area contributed by atoms with Crippen molar-refractivity contribution in [1.29, 1.82) is 0 Å². The molecule has 0 aliphatic carbocycles. The average Bonchev–Trinajstić information content (AvgIpc) is 1.83. The topological polar surface area (TPSA) is 50.7 Å². The van der Waals surface area contributed by atoms with Crippen LogP contribution in [0, 0.1) is 0 Å². The van der Waals surface area contributed by atoms with Gasteiger partial charge in [0.15, 0.2) is 0 Å². The SMILES string of the molecule is C=N/C=C(/CN)N=C. The number of nitrogens with two attached hydrogens (primary N) is 1. The molecule has 0 amide bonds. The Labute approximate surface area is 48.6 Å². The van der Waals surface area contributed by atoms with Gasteiger partial charge >= 0.3 is 0 Å². The molecule has 0 saturated heterocycles. The molecule has 8 heavy (non-hydrogen) atoms. The highest BCUT2D eigenvalue weighted by Gasteiger charge is 1.81. The largest absolute Gasteiger partial charge is 0.325 e. The summed E-state index contributed by atoms with van der Waals surface area (Å²) >= 11 is 0. The maximum atomic E-state index is 5.18. The Morgan fingerprint density at radius 1 is 1.62 bits per heavy atom. The van der Waals surface area contributed by atoms with Gasteiger partial charge in [-0.1, -0.05) is 0 Å². The van der Waals surface area contributed by atoms with E-state index in [1.165, 1.54) is 6.20 Å². The first-order chi connectivity index (χ1) is 3.85. The van der Waals surface area contributed by atoms with Crippen molar-refractivity contribution in [2.75, 3.05) is 6.54 Å². The number of rotatable bonds is 3. The minimum atomic E-state index is 0.364. The van der Waals surface area contributed by atoms with Gasteiger partial charge in [-0.3, -0.25) is 9.98 Å². The highest BCUT2D eigenvalue weighted by Crippen LogP contribution is 1.89. The van der Waals surface area contributed by atoms with E-state index in [1.54, 1.807) is 0 Å². The third-order valence-corrected chi connectivity index (χ3v) is 0.653. The highest BCUT2D eigenvalue weighted by molar-refractivity contribution is 5.31. The van der Waals surface area contributed by atoms with Crippen molar-refractivity contribution in [3.63, 3.8) is 0 Å². The zero-order valence-corrected chi connectivity index (χ0v) is 4.67. The van der Waals surface area contributed by atoms with Crippen LogP contribution in [0.2, 0.25) is 0 Å². The van der Waals surface area contributed by atoms with Crippen LogP contribution in [0.15, 0.2) is 21.9 Å². The Balaban J connectivity index is 3.84. The summed E-state index contributed by atoms with van der Waals surface area (Å²) in [7, 11) is 0. The summed E-state index contributed by atoms with van der Waals surface area (Å²) in [6, 6.07) is 0. The first-order valence-electron chi connectivity index (χ1n) is 2.16. The zero-order valence-electron chi connectivity index (χ0n) is 4.67. The van der Waals surface area contributed by atoms with Crippen LogP contribution < -0.4 is 5.73 Å². The van der Waals surface area contributed by atoms with Crippen LogP contribution in [-0.2, 0) is 0 Å². The molecular formula is C5H9N3. The van der Waals surface area contributed by atoms with Crippen molar-refractivity contribution in [2.24, 2.45) is 15.7 Å². The fourth-order valence-corrected chi connectivity index (χ4v) is 0.263. The van der Waals surface area contributed by atoms with E-state index >= 15 is 0 Å². The van der Waals surface area contributed by atoms with Crippen LogP contribution in [-0.4, -0.2) is 20.0 Å². The smallest absolute Gasteiger partial charge is 0.0714 e. The van der Waals surface area contributed by atoms with Gasteiger partial charge in [0, 0.05) is 12.7 Å². The van der Waals surface area contributed by atoms with Crippen molar-refractivity contribution in [1.82, 2.24) is 0 Å². The van der Waals surface area contributed by atoms with E-state index < -0.39 is 0 Å². The lowest BCUT2D eigenvalue weighted by Crippen LogP contribution is -1.99. The van der Waals surface area contributed by atoms with Gasteiger partial charge in [-0.25, -0.2) is 0 Å². The maximum absolute atomic E-state index is 5.18. The van der Waals surface area contributed by atoms with Crippen LogP contribution in [0.3, 0.4) is 0 Å². The molecule has 0 rings (SSSR count). The Hall–Kier alpha value is -0.960. The standard InChI is InChI=1S/C5H9N3/c1-7-4-5(3-6)8-2/h4H,1-3,6H2/b5-4-. The molecule has 0 aliphatic rings. The van der Waals surface area contributed by atoms with E-state index in [0.29, 0.717) is 12.2 Å². The molecule has 3 heteroatoms. The van der Waals surface area contributed by atoms with Crippen LogP contribution >= 0.6 is 0 Å². The monoisotopic (exact) mass is 111 g/mol. The molecule has 3 nitrogen and oxygen atoms in total. The molecule has 0 aliphatic heterocycles. The lowest BCUT2D eigenvalue weighted by molar-refractivity contribution is 1.10. The Bertz CT molecular complexity index is 115. The van der Waals surface area contributed by atoms with Crippen LogP contribution in [0.5, 0.6) is 0 Å². The van der Waals surface area contributed by atoms with Crippen LogP contribution in [0.4, 0.5) is 0 Å². The normalized spacial score (nSPS) is 10.9. The third kappa shape index (κ3) is 2.25. The van der Waals surface area contributed by atoms with Crippen molar-refractivity contribution in [3.8, 4) is 0 Å². The van der Waals surface area contributed by atoms with Crippen molar-refractivity contribution < 1.29 is 0 Å². The van der Waals surface area contributed by atoms with Gasteiger partial charge < -0.3 is 5.73 Å². The summed E-state index contributed by atoms with van der Waals surface area (Å²) in [5.41, 5.74) is 5.83. The van der Waals surface area contributed by atoms with E-state index in [4.69, 9.17) is 5.73 Å². The first-order valence-corrected chi connectivity index (χ1v) is 2.16. The Kier molecular flexibility index (Phi) is 3.70. The summed E-state index contributed by atoms with van der Waals surface area (Å²) in [6.45, 7) is 6.85. The minimum Gasteiger partial charge on any atom is -0.325 e. The number of hydrogen-bond donors (Lipinski definition) is 1. The van der Waals surface area contributed by atoms with Gasteiger partial charge in [-0.05, 0) is 13.4 Å². The predicted octanol–water partition coefficient (Wildman–Crippen LogP) is 0.188. The van der Waals surface area contributed by atoms with Gasteiger partial charge in [-0.2, -0.15) is 0 Å². The van der Waals surface area contributed by atoms with Gasteiger partial charge in [0.2, 0.25) is 0 Å². The van der Waals surface area contributed by atoms with Gasteiger partial charge in [-0.15, -0.1) is 0 Å². The quantitative estimate of drug-likeness (QED) is 0.519. The maximum Gasteiger partial charge on any atom is 0.0714 e. The average molecular weight is 111 g/mol. The molecule has 0 unspecified atom stereocenters. The number of hydrogen-bond acceptors (Lipinski definition) is 3. The summed E-state index contributed by atoms with van der Waals surface area (Å²) in [6.07, 6.45) is 1.48. The zero-order chi connectivity index (χ0) is 6.41. The second-order valence-electron chi connectivity index (χ2n) is 1.17. The van der Waals surface area contributed by atoms with Crippen LogP contribution in [0.25, 0.3) is 0 Å². The fourth-order valence-electron chi connectivity index (χ4n) is 0.263. The molecule has 0 bridgehead atoms. The van der Waals surface area contributed by atoms with E-state index in [-0.39, 0.29) is 0 Å². The molecule has 2 N–H and O–H groups in total. The molecule has 0 radical (unpaired) electrons. The number of aliphatic imine (C=N–C) groups is 2. The van der Waals surface area contributed by atoms with Gasteiger partial charge in [0.1, 0.15) is 0 Å². The second kappa shape index (κ2) is 4.21. The predicted molar refractivity (Wildman–Crippen MR) is 36.2 cm³/mol. The van der Waals surface area contributed by atoms with Crippen molar-refractivity contribution >= 4 is 13.4 Å². The molecule has 0 aromatic rings. The molecule has 0 spiro atoms. The molecule has 0 atom stereocenters. The summed E-state index contributed by atoms with van der Waals surface area (Å²) < 4.78 is 0. The molecule has 0 fully saturated rings.